The standard InChI is InChI=1S/C31H31ClN4O3S/c1-35-17-16-33-30(35)20-36(31(37)28-19-26(28)22-10-13-23(32)14-11-22)24-15-12-21-6-5-9-29(27(21)18-24)34-40(38,39)25-7-3-2-4-8-25/h2-4,7-8,10-18,26,28-29,34H,5-6,9,19-20H2,1H3. The van der Waals surface area contributed by atoms with Crippen molar-refractivity contribution in [2.75, 3.05) is 4.90 Å². The van der Waals surface area contributed by atoms with Crippen molar-refractivity contribution in [1.82, 2.24) is 14.3 Å². The first-order valence-corrected chi connectivity index (χ1v) is 15.4. The van der Waals surface area contributed by atoms with Crippen molar-refractivity contribution in [3.05, 3.63) is 113 Å². The quantitative estimate of drug-likeness (QED) is 0.290. The van der Waals surface area contributed by atoms with Crippen LogP contribution in [0.15, 0.2) is 90.1 Å². The summed E-state index contributed by atoms with van der Waals surface area (Å²) in [6.07, 6.45) is 6.82. The number of rotatable bonds is 8. The number of fused-ring (bicyclic) bond motifs is 1. The van der Waals surface area contributed by atoms with Gasteiger partial charge in [-0.05, 0) is 84.7 Å². The highest BCUT2D eigenvalue weighted by Gasteiger charge is 2.46. The molecule has 0 saturated heterocycles. The van der Waals surface area contributed by atoms with E-state index in [1.165, 1.54) is 0 Å². The minimum Gasteiger partial charge on any atom is -0.337 e. The van der Waals surface area contributed by atoms with Crippen molar-refractivity contribution in [1.29, 1.82) is 0 Å². The molecule has 7 nitrogen and oxygen atoms in total. The Balaban J connectivity index is 1.31. The number of carbonyl (C=O) groups is 1. The largest absolute Gasteiger partial charge is 0.337 e. The second-order valence-corrected chi connectivity index (χ2v) is 12.8. The minimum absolute atomic E-state index is 0.0418. The minimum atomic E-state index is -3.70. The molecule has 1 aromatic heterocycles. The molecule has 0 bridgehead atoms. The highest BCUT2D eigenvalue weighted by molar-refractivity contribution is 7.89. The summed E-state index contributed by atoms with van der Waals surface area (Å²) >= 11 is 6.08. The van der Waals surface area contributed by atoms with E-state index in [0.29, 0.717) is 18.0 Å². The second-order valence-electron chi connectivity index (χ2n) is 10.6. The number of imidazole rings is 1. The molecule has 1 fully saturated rings. The van der Waals surface area contributed by atoms with E-state index in [2.05, 4.69) is 9.71 Å². The van der Waals surface area contributed by atoms with Crippen LogP contribution < -0.4 is 9.62 Å². The number of halogens is 1. The first-order valence-electron chi connectivity index (χ1n) is 13.5. The Bertz CT molecular complexity index is 1640. The van der Waals surface area contributed by atoms with E-state index < -0.39 is 10.0 Å². The van der Waals surface area contributed by atoms with Crippen molar-refractivity contribution >= 4 is 33.2 Å². The van der Waals surface area contributed by atoms with Gasteiger partial charge in [-0.2, -0.15) is 0 Å². The fourth-order valence-electron chi connectivity index (χ4n) is 5.66. The maximum absolute atomic E-state index is 14.0. The van der Waals surface area contributed by atoms with Crippen LogP contribution in [0.4, 0.5) is 5.69 Å². The van der Waals surface area contributed by atoms with Crippen LogP contribution in [-0.4, -0.2) is 23.9 Å². The van der Waals surface area contributed by atoms with E-state index in [-0.39, 0.29) is 28.7 Å². The molecular formula is C31H31ClN4O3S. The van der Waals surface area contributed by atoms with Crippen LogP contribution in [0.2, 0.25) is 5.02 Å². The number of hydrogen-bond acceptors (Lipinski definition) is 4. The average molecular weight is 575 g/mol. The molecule has 206 valence electrons. The number of carbonyl (C=O) groups excluding carboxylic acids is 1. The molecule has 0 radical (unpaired) electrons. The SMILES string of the molecule is Cn1ccnc1CN(C(=O)C1CC1c1ccc(Cl)cc1)c1ccc2c(c1)C(NS(=O)(=O)c1ccccc1)CCC2. The smallest absolute Gasteiger partial charge is 0.241 e. The Morgan fingerprint density at radius 3 is 2.60 bits per heavy atom. The summed E-state index contributed by atoms with van der Waals surface area (Å²) in [7, 11) is -1.78. The predicted octanol–water partition coefficient (Wildman–Crippen LogP) is 5.77. The number of aryl methyl sites for hydroxylation is 2. The number of hydrogen-bond donors (Lipinski definition) is 1. The number of benzene rings is 3. The summed E-state index contributed by atoms with van der Waals surface area (Å²) in [5.41, 5.74) is 3.89. The molecule has 1 saturated carbocycles. The zero-order valence-corrected chi connectivity index (χ0v) is 23.8. The molecule has 3 aromatic carbocycles. The van der Waals surface area contributed by atoms with E-state index in [1.807, 2.05) is 60.3 Å². The highest BCUT2D eigenvalue weighted by atomic mass is 35.5. The molecule has 1 amide bonds. The maximum atomic E-state index is 14.0. The van der Waals surface area contributed by atoms with Crippen LogP contribution >= 0.6 is 11.6 Å². The normalized spacial score (nSPS) is 20.1. The van der Waals surface area contributed by atoms with E-state index >= 15 is 0 Å². The molecule has 2 aliphatic carbocycles. The molecule has 3 unspecified atom stereocenters. The number of aromatic nitrogens is 2. The monoisotopic (exact) mass is 574 g/mol. The van der Waals surface area contributed by atoms with Crippen LogP contribution in [0.3, 0.4) is 0 Å². The second kappa shape index (κ2) is 10.8. The van der Waals surface area contributed by atoms with E-state index in [0.717, 1.165) is 47.5 Å². The van der Waals surface area contributed by atoms with Gasteiger partial charge in [-0.3, -0.25) is 4.79 Å². The van der Waals surface area contributed by atoms with Crippen molar-refractivity contribution in [2.45, 2.75) is 49.1 Å². The Morgan fingerprint density at radius 1 is 1.10 bits per heavy atom. The lowest BCUT2D eigenvalue weighted by atomic mass is 9.87. The van der Waals surface area contributed by atoms with Gasteiger partial charge < -0.3 is 9.47 Å². The van der Waals surface area contributed by atoms with Gasteiger partial charge in [0.25, 0.3) is 0 Å². The highest BCUT2D eigenvalue weighted by Crippen LogP contribution is 2.49. The third-order valence-electron chi connectivity index (χ3n) is 8.00. The van der Waals surface area contributed by atoms with Crippen molar-refractivity contribution < 1.29 is 13.2 Å². The summed E-state index contributed by atoms with van der Waals surface area (Å²) in [5, 5.41) is 0.676. The van der Waals surface area contributed by atoms with Gasteiger partial charge in [0.05, 0.1) is 11.4 Å². The number of anilines is 1. The fraction of sp³-hybridized carbons (Fsp3) is 0.290. The molecular weight excluding hydrogens is 544 g/mol. The lowest BCUT2D eigenvalue weighted by molar-refractivity contribution is -0.120. The molecule has 3 atom stereocenters. The lowest BCUT2D eigenvalue weighted by Crippen LogP contribution is -2.34. The zero-order valence-electron chi connectivity index (χ0n) is 22.2. The van der Waals surface area contributed by atoms with Crippen molar-refractivity contribution in [3.63, 3.8) is 0 Å². The van der Waals surface area contributed by atoms with E-state index in [1.54, 1.807) is 41.4 Å². The molecule has 0 spiro atoms. The number of amides is 1. The molecule has 40 heavy (non-hydrogen) atoms. The Morgan fingerprint density at radius 2 is 1.88 bits per heavy atom. The number of nitrogens with one attached hydrogen (secondary N) is 1. The summed E-state index contributed by atoms with van der Waals surface area (Å²) in [5.74, 6) is 0.831. The van der Waals surface area contributed by atoms with Gasteiger partial charge in [-0.25, -0.2) is 18.1 Å². The number of sulfonamides is 1. The van der Waals surface area contributed by atoms with Gasteiger partial charge >= 0.3 is 0 Å². The van der Waals surface area contributed by atoms with Gasteiger partial charge in [0, 0.05) is 42.1 Å². The van der Waals surface area contributed by atoms with Crippen molar-refractivity contribution in [2.24, 2.45) is 13.0 Å². The molecule has 2 aliphatic rings. The van der Waals surface area contributed by atoms with Crippen LogP contribution in [0.25, 0.3) is 0 Å². The fourth-order valence-corrected chi connectivity index (χ4v) is 7.06. The predicted molar refractivity (Wildman–Crippen MR) is 156 cm³/mol. The maximum Gasteiger partial charge on any atom is 0.241 e. The number of nitrogens with zero attached hydrogens (tertiary/aromatic N) is 3. The van der Waals surface area contributed by atoms with E-state index in [4.69, 9.17) is 11.6 Å². The third kappa shape index (κ3) is 5.44. The lowest BCUT2D eigenvalue weighted by Gasteiger charge is -2.29. The van der Waals surface area contributed by atoms with E-state index in [9.17, 15) is 13.2 Å². The Kier molecular flexibility index (Phi) is 7.25. The Hall–Kier alpha value is -3.46. The van der Waals surface area contributed by atoms with Gasteiger partial charge in [0.2, 0.25) is 15.9 Å². The molecule has 6 rings (SSSR count). The Labute approximate surface area is 239 Å². The van der Waals surface area contributed by atoms with Crippen LogP contribution in [-0.2, 0) is 34.8 Å². The first-order chi connectivity index (χ1) is 19.3. The average Bonchev–Trinajstić information content (AvgIpc) is 3.66. The molecule has 4 aromatic rings. The molecule has 0 aliphatic heterocycles. The third-order valence-corrected chi connectivity index (χ3v) is 9.74. The van der Waals surface area contributed by atoms with Gasteiger partial charge in [0.15, 0.2) is 0 Å². The van der Waals surface area contributed by atoms with Gasteiger partial charge in [0.1, 0.15) is 5.82 Å². The van der Waals surface area contributed by atoms with Crippen LogP contribution in [0.5, 0.6) is 0 Å². The summed E-state index contributed by atoms with van der Waals surface area (Å²) in [6, 6.07) is 21.8. The molecule has 9 heteroatoms. The summed E-state index contributed by atoms with van der Waals surface area (Å²) < 4.78 is 31.2. The van der Waals surface area contributed by atoms with Crippen molar-refractivity contribution in [3.8, 4) is 0 Å². The van der Waals surface area contributed by atoms with Crippen LogP contribution in [0, 0.1) is 5.92 Å². The first kappa shape index (κ1) is 26.7. The molecule has 1 N–H and O–H groups in total. The van der Waals surface area contributed by atoms with Crippen LogP contribution in [0.1, 0.15) is 53.7 Å². The summed E-state index contributed by atoms with van der Waals surface area (Å²) in [6.45, 7) is 0.325. The zero-order chi connectivity index (χ0) is 27.9. The van der Waals surface area contributed by atoms with Gasteiger partial charge in [-0.15, -0.1) is 0 Å². The van der Waals surface area contributed by atoms with Gasteiger partial charge in [-0.1, -0.05) is 48.0 Å². The summed E-state index contributed by atoms with van der Waals surface area (Å²) in [4.78, 5) is 20.5. The topological polar surface area (TPSA) is 84.3 Å². The molecule has 1 heterocycles.